The Labute approximate surface area is 155 Å². The van der Waals surface area contributed by atoms with Gasteiger partial charge in [0.15, 0.2) is 0 Å². The van der Waals surface area contributed by atoms with Crippen LogP contribution in [0, 0.1) is 12.9 Å². The highest BCUT2D eigenvalue weighted by molar-refractivity contribution is 6.07. The number of nitrogens with one attached hydrogen (secondary N) is 1. The van der Waals surface area contributed by atoms with Gasteiger partial charge < -0.3 is 10.5 Å². The van der Waals surface area contributed by atoms with Crippen LogP contribution >= 0.6 is 0 Å². The molecule has 0 spiro atoms. The van der Waals surface area contributed by atoms with Crippen molar-refractivity contribution in [2.75, 3.05) is 5.32 Å². The van der Waals surface area contributed by atoms with Crippen LogP contribution in [0.3, 0.4) is 0 Å². The average Bonchev–Trinajstić information content (AvgIpc) is 2.93. The molecule has 1 heterocycles. The van der Waals surface area contributed by atoms with Crippen molar-refractivity contribution in [1.82, 2.24) is 9.78 Å². The molecular weight excluding hydrogens is 347 g/mol. The average molecular weight is 366 g/mol. The lowest BCUT2D eigenvalue weighted by atomic mass is 10.0. The summed E-state index contributed by atoms with van der Waals surface area (Å²) >= 11 is 0. The predicted octanol–water partition coefficient (Wildman–Crippen LogP) is 3.99. The molecule has 3 rings (SSSR count). The van der Waals surface area contributed by atoms with Gasteiger partial charge in [-0.15, -0.1) is 0 Å². The van der Waals surface area contributed by atoms with E-state index in [1.807, 2.05) is 36.4 Å². The molecular formula is C20H19FN4O2. The van der Waals surface area contributed by atoms with Gasteiger partial charge in [0, 0.05) is 18.3 Å². The first-order valence-corrected chi connectivity index (χ1v) is 8.31. The number of benzene rings is 2. The lowest BCUT2D eigenvalue weighted by Crippen LogP contribution is -2.15. The van der Waals surface area contributed by atoms with Crippen molar-refractivity contribution in [2.45, 2.75) is 13.8 Å². The lowest BCUT2D eigenvalue weighted by molar-refractivity contribution is 0.102. The first-order valence-electron chi connectivity index (χ1n) is 8.31. The molecule has 0 atom stereocenters. The van der Waals surface area contributed by atoms with Gasteiger partial charge in [0.25, 0.3) is 5.91 Å². The van der Waals surface area contributed by atoms with Crippen molar-refractivity contribution < 1.29 is 14.4 Å². The quantitative estimate of drug-likeness (QED) is 0.416. The van der Waals surface area contributed by atoms with E-state index >= 15 is 0 Å². The van der Waals surface area contributed by atoms with E-state index in [9.17, 15) is 9.18 Å². The maximum Gasteiger partial charge on any atom is 0.262 e. The van der Waals surface area contributed by atoms with Gasteiger partial charge in [0.2, 0.25) is 5.95 Å². The molecule has 1 aromatic heterocycles. The Morgan fingerprint density at radius 3 is 2.44 bits per heavy atom. The number of hydrogen-bond donors (Lipinski definition) is 2. The van der Waals surface area contributed by atoms with Crippen molar-refractivity contribution in [3.8, 4) is 11.1 Å². The van der Waals surface area contributed by atoms with Gasteiger partial charge >= 0.3 is 0 Å². The zero-order chi connectivity index (χ0) is 19.6. The normalized spacial score (nSPS) is 11.5. The fraction of sp³-hybridized carbons (Fsp3) is 0.150. The highest BCUT2D eigenvalue weighted by Gasteiger charge is 2.21. The molecule has 6 nitrogen and oxygen atoms in total. The molecule has 3 aromatic rings. The first-order chi connectivity index (χ1) is 12.9. The SMILES string of the molecule is C/C(=N/O)c1ccc(-c2ccccc2NC(=O)c2c(C)nn(C)c2F)cc1. The third kappa shape index (κ3) is 3.57. The molecule has 0 radical (unpaired) electrons. The summed E-state index contributed by atoms with van der Waals surface area (Å²) in [6.07, 6.45) is 0. The molecule has 2 N–H and O–H groups in total. The number of amides is 1. The third-order valence-corrected chi connectivity index (χ3v) is 4.32. The van der Waals surface area contributed by atoms with Crippen LogP contribution in [0.5, 0.6) is 0 Å². The van der Waals surface area contributed by atoms with Gasteiger partial charge in [-0.25, -0.2) is 4.68 Å². The van der Waals surface area contributed by atoms with Crippen LogP contribution in [-0.2, 0) is 7.05 Å². The number of para-hydroxylation sites is 1. The van der Waals surface area contributed by atoms with Crippen molar-refractivity contribution in [3.63, 3.8) is 0 Å². The van der Waals surface area contributed by atoms with Gasteiger partial charge in [-0.1, -0.05) is 47.6 Å². The Balaban J connectivity index is 1.94. The van der Waals surface area contributed by atoms with Crippen LogP contribution in [0.2, 0.25) is 0 Å². The summed E-state index contributed by atoms with van der Waals surface area (Å²) in [5.41, 5.74) is 3.76. The second-order valence-electron chi connectivity index (χ2n) is 6.14. The Kier molecular flexibility index (Phi) is 5.03. The molecule has 7 heteroatoms. The summed E-state index contributed by atoms with van der Waals surface area (Å²) < 4.78 is 15.2. The summed E-state index contributed by atoms with van der Waals surface area (Å²) in [4.78, 5) is 12.6. The van der Waals surface area contributed by atoms with Crippen LogP contribution < -0.4 is 5.32 Å². The molecule has 0 saturated carbocycles. The number of oxime groups is 1. The van der Waals surface area contributed by atoms with Crippen molar-refractivity contribution >= 4 is 17.3 Å². The number of aryl methyl sites for hydroxylation is 2. The van der Waals surface area contributed by atoms with Gasteiger partial charge in [-0.2, -0.15) is 9.49 Å². The molecule has 27 heavy (non-hydrogen) atoms. The third-order valence-electron chi connectivity index (χ3n) is 4.32. The number of nitrogens with zero attached hydrogens (tertiary/aromatic N) is 3. The summed E-state index contributed by atoms with van der Waals surface area (Å²) in [6, 6.07) is 14.7. The minimum atomic E-state index is -0.675. The highest BCUT2D eigenvalue weighted by Crippen LogP contribution is 2.29. The minimum Gasteiger partial charge on any atom is -0.411 e. The number of anilines is 1. The maximum absolute atomic E-state index is 14.2. The Hall–Kier alpha value is -3.48. The maximum atomic E-state index is 14.2. The minimum absolute atomic E-state index is 0.0718. The fourth-order valence-corrected chi connectivity index (χ4v) is 2.87. The summed E-state index contributed by atoms with van der Waals surface area (Å²) in [5.74, 6) is -1.23. The van der Waals surface area contributed by atoms with Crippen molar-refractivity contribution in [1.29, 1.82) is 0 Å². The number of rotatable bonds is 4. The molecule has 0 fully saturated rings. The molecule has 0 aliphatic rings. The predicted molar refractivity (Wildman–Crippen MR) is 102 cm³/mol. The van der Waals surface area contributed by atoms with Crippen molar-refractivity contribution in [3.05, 3.63) is 71.3 Å². The van der Waals surface area contributed by atoms with Crippen LogP contribution in [0.15, 0.2) is 53.7 Å². The molecule has 1 amide bonds. The van der Waals surface area contributed by atoms with Gasteiger partial charge in [0.05, 0.1) is 11.4 Å². The van der Waals surface area contributed by atoms with E-state index in [-0.39, 0.29) is 5.56 Å². The smallest absolute Gasteiger partial charge is 0.262 e. The molecule has 2 aromatic carbocycles. The molecule has 0 saturated heterocycles. The first kappa shape index (κ1) is 18.3. The summed E-state index contributed by atoms with van der Waals surface area (Å²) in [7, 11) is 1.45. The number of hydrogen-bond acceptors (Lipinski definition) is 4. The standard InChI is InChI=1S/C20H19FN4O2/c1-12(24-27)14-8-10-15(11-9-14)16-6-4-5-7-17(16)22-20(26)18-13(2)23-25(3)19(18)21/h4-11,27H,1-3H3,(H,22,26)/b24-12-. The largest absolute Gasteiger partial charge is 0.411 e. The fourth-order valence-electron chi connectivity index (χ4n) is 2.87. The van der Waals surface area contributed by atoms with E-state index in [0.717, 1.165) is 21.4 Å². The van der Waals surface area contributed by atoms with E-state index < -0.39 is 11.9 Å². The van der Waals surface area contributed by atoms with Gasteiger partial charge in [-0.05, 0) is 31.0 Å². The van der Waals surface area contributed by atoms with Crippen molar-refractivity contribution in [2.24, 2.45) is 12.2 Å². The Morgan fingerprint density at radius 2 is 1.85 bits per heavy atom. The summed E-state index contributed by atoms with van der Waals surface area (Å²) in [6.45, 7) is 3.29. The van der Waals surface area contributed by atoms with E-state index in [2.05, 4.69) is 15.6 Å². The van der Waals surface area contributed by atoms with E-state index in [0.29, 0.717) is 17.1 Å². The Bertz CT molecular complexity index is 1020. The van der Waals surface area contributed by atoms with Gasteiger partial charge in [0.1, 0.15) is 5.56 Å². The van der Waals surface area contributed by atoms with E-state index in [1.54, 1.807) is 26.0 Å². The molecule has 0 aliphatic heterocycles. The van der Waals surface area contributed by atoms with E-state index in [1.165, 1.54) is 7.05 Å². The van der Waals surface area contributed by atoms with E-state index in [4.69, 9.17) is 5.21 Å². The van der Waals surface area contributed by atoms with Crippen LogP contribution in [0.1, 0.15) is 28.5 Å². The summed E-state index contributed by atoms with van der Waals surface area (Å²) in [5, 5.41) is 18.8. The second-order valence-corrected chi connectivity index (χ2v) is 6.14. The zero-order valence-corrected chi connectivity index (χ0v) is 15.2. The van der Waals surface area contributed by atoms with Gasteiger partial charge in [-0.3, -0.25) is 4.79 Å². The molecule has 0 unspecified atom stereocenters. The monoisotopic (exact) mass is 366 g/mol. The lowest BCUT2D eigenvalue weighted by Gasteiger charge is -2.12. The number of halogens is 1. The number of aromatic nitrogens is 2. The van der Waals surface area contributed by atoms with Crippen LogP contribution in [0.4, 0.5) is 10.1 Å². The topological polar surface area (TPSA) is 79.5 Å². The zero-order valence-electron chi connectivity index (χ0n) is 15.2. The van der Waals surface area contributed by atoms with Crippen LogP contribution in [0.25, 0.3) is 11.1 Å². The number of carbonyl (C=O) groups is 1. The molecule has 0 aliphatic carbocycles. The molecule has 0 bridgehead atoms. The Morgan fingerprint density at radius 1 is 1.19 bits per heavy atom. The highest BCUT2D eigenvalue weighted by atomic mass is 19.1. The number of carbonyl (C=O) groups excluding carboxylic acids is 1. The van der Waals surface area contributed by atoms with Crippen LogP contribution in [-0.4, -0.2) is 26.6 Å². The second kappa shape index (κ2) is 7.41. The molecule has 138 valence electrons.